The maximum Gasteiger partial charge on any atom is 0.252 e. The Morgan fingerprint density at radius 3 is 0.926 bits per heavy atom. The molecule has 20 rings (SSSR count). The Balaban J connectivity index is 0.902. The minimum absolute atomic E-state index is 0.118. The second-order valence-electron chi connectivity index (χ2n) is 37.3. The van der Waals surface area contributed by atoms with Gasteiger partial charge in [0, 0.05) is 61.6 Å². The van der Waals surface area contributed by atoms with Crippen LogP contribution < -0.4 is 26.2 Å². The molecule has 0 saturated heterocycles. The highest BCUT2D eigenvalue weighted by molar-refractivity contribution is 7.00. The van der Waals surface area contributed by atoms with E-state index in [1.165, 1.54) is 49.8 Å². The normalized spacial score (nSPS) is 12.7. The third-order valence-electron chi connectivity index (χ3n) is 24.9. The van der Waals surface area contributed by atoms with Crippen molar-refractivity contribution in [3.05, 3.63) is 392 Å². The highest BCUT2D eigenvalue weighted by Crippen LogP contribution is 2.52. The van der Waals surface area contributed by atoms with E-state index in [9.17, 15) is 0 Å². The van der Waals surface area contributed by atoms with Gasteiger partial charge in [-0.05, 0) is 229 Å². The van der Waals surface area contributed by atoms with Crippen LogP contribution in [0.3, 0.4) is 0 Å². The summed E-state index contributed by atoms with van der Waals surface area (Å²) in [6, 6.07) is 138. The third-order valence-corrected chi connectivity index (χ3v) is 24.9. The second-order valence-corrected chi connectivity index (χ2v) is 37.3. The van der Waals surface area contributed by atoms with Gasteiger partial charge in [-0.15, -0.1) is 0 Å². The number of hydrogen-bond acceptors (Lipinski definition) is 5. The Bertz CT molecular complexity index is 6570. The van der Waals surface area contributed by atoms with E-state index in [0.717, 1.165) is 145 Å². The summed E-state index contributed by atoms with van der Waals surface area (Å²) >= 11 is 0. The van der Waals surface area contributed by atoms with Gasteiger partial charge < -0.3 is 14.4 Å². The minimum Gasteiger partial charge on any atom is -0.311 e. The summed E-state index contributed by atoms with van der Waals surface area (Å²) in [5, 5.41) is 2.25. The van der Waals surface area contributed by atoms with Gasteiger partial charge in [0.1, 0.15) is 0 Å². The molecule has 4 heterocycles. The molecule has 0 saturated carbocycles. The first-order valence-corrected chi connectivity index (χ1v) is 42.9. The number of fused-ring (bicyclic) bond motifs is 7. The van der Waals surface area contributed by atoms with Gasteiger partial charge in [0.15, 0.2) is 17.5 Å². The van der Waals surface area contributed by atoms with Crippen molar-refractivity contribution in [2.45, 2.75) is 105 Å². The van der Waals surface area contributed by atoms with Gasteiger partial charge >= 0.3 is 0 Å². The van der Waals surface area contributed by atoms with E-state index < -0.39 is 0 Å². The Kier molecular flexibility index (Phi) is 18.9. The molecule has 2 aromatic heterocycles. The monoisotopic (exact) mass is 1570 g/mol. The summed E-state index contributed by atoms with van der Waals surface area (Å²) in [7, 11) is 0. The van der Waals surface area contributed by atoms with Crippen molar-refractivity contribution < 1.29 is 0 Å². The lowest BCUT2D eigenvalue weighted by molar-refractivity contribution is 0.568. The van der Waals surface area contributed by atoms with Crippen LogP contribution in [0.2, 0.25) is 0 Å². The third kappa shape index (κ3) is 14.2. The summed E-state index contributed by atoms with van der Waals surface area (Å²) in [5.74, 6) is 1.81. The van der Waals surface area contributed by atoms with Gasteiger partial charge in [-0.1, -0.05) is 362 Å². The fourth-order valence-electron chi connectivity index (χ4n) is 18.3. The number of hydrogen-bond donors (Lipinski definition) is 0. The van der Waals surface area contributed by atoms with E-state index in [0.29, 0.717) is 17.5 Å². The van der Waals surface area contributed by atoms with Crippen LogP contribution in [-0.2, 0) is 21.7 Å². The van der Waals surface area contributed by atoms with E-state index in [-0.39, 0.29) is 28.4 Å². The van der Waals surface area contributed by atoms with Crippen LogP contribution in [0.4, 0.5) is 34.1 Å². The van der Waals surface area contributed by atoms with Crippen LogP contribution in [0, 0.1) is 0 Å². The molecule has 0 atom stereocenters. The van der Waals surface area contributed by atoms with E-state index in [4.69, 9.17) is 15.0 Å². The molecule has 6 nitrogen and oxygen atoms in total. The van der Waals surface area contributed by atoms with Gasteiger partial charge in [-0.3, -0.25) is 0 Å². The second kappa shape index (κ2) is 30.1. The van der Waals surface area contributed by atoms with Crippen molar-refractivity contribution in [2.75, 3.05) is 9.80 Å². The quantitative estimate of drug-likeness (QED) is 0.108. The Labute approximate surface area is 718 Å². The molecular formula is C115H97BN6. The average molecular weight is 1570 g/mol. The molecule has 0 amide bonds. The average Bonchev–Trinajstić information content (AvgIpc) is 0.776. The molecule has 0 N–H and O–H groups in total. The lowest BCUT2D eigenvalue weighted by Crippen LogP contribution is -2.61. The van der Waals surface area contributed by atoms with Gasteiger partial charge in [0.2, 0.25) is 0 Å². The predicted molar refractivity (Wildman–Crippen MR) is 517 cm³/mol. The molecule has 0 bridgehead atoms. The molecule has 16 aromatic carbocycles. The van der Waals surface area contributed by atoms with Gasteiger partial charge in [-0.2, -0.15) is 0 Å². The number of para-hydroxylation sites is 2. The summed E-state index contributed by atoms with van der Waals surface area (Å²) in [6.45, 7) is 27.9. The standard InChI is InChI=1S/C115H97BN6/c1-112(2,3)90-59-87(60-91(72-90)113(4,5)6)81-51-54-99-104(68-81)120(94-63-83(74-35-19-13-20-36-74)57-84(64-94)75-37-21-14-22-38-75)106-70-89(80-53-56-103-98(67-80)96-47-31-33-49-101(96)122(103)102-50-34-32-48-97(102)111-118-109(78-43-27-17-28-44-78)117-110(119-111)79-45-29-18-30-46-79)71-107-108(106)116(99)100-55-52-82(88-61-92(114(7,8)9)73-93(62-88)115(10,11)12)69-105(100)121(107)95-65-85(76-39-23-15-24-40-76)58-86(66-95)77-41-25-16-26-42-77/h13-73H,1-12H3. The number of nitrogens with zero attached hydrogens (tertiary/aromatic N) is 6. The summed E-state index contributed by atoms with van der Waals surface area (Å²) < 4.78 is 2.42. The topological polar surface area (TPSA) is 50.1 Å². The smallest absolute Gasteiger partial charge is 0.252 e. The molecule has 122 heavy (non-hydrogen) atoms. The van der Waals surface area contributed by atoms with Gasteiger partial charge in [0.25, 0.3) is 6.71 Å². The lowest BCUT2D eigenvalue weighted by Gasteiger charge is -2.45. The Morgan fingerprint density at radius 2 is 0.525 bits per heavy atom. The van der Waals surface area contributed by atoms with Crippen molar-refractivity contribution in [1.82, 2.24) is 19.5 Å². The van der Waals surface area contributed by atoms with Crippen molar-refractivity contribution in [3.8, 4) is 118 Å². The van der Waals surface area contributed by atoms with Crippen LogP contribution in [0.5, 0.6) is 0 Å². The number of anilines is 6. The number of benzene rings is 16. The highest BCUT2D eigenvalue weighted by atomic mass is 15.2. The highest BCUT2D eigenvalue weighted by Gasteiger charge is 2.45. The van der Waals surface area contributed by atoms with E-state index in [2.05, 4.69) is 431 Å². The summed E-state index contributed by atoms with van der Waals surface area (Å²) in [6.07, 6.45) is 0. The van der Waals surface area contributed by atoms with Gasteiger partial charge in [0.05, 0.1) is 16.7 Å². The van der Waals surface area contributed by atoms with Crippen molar-refractivity contribution in [2.24, 2.45) is 0 Å². The first kappa shape index (κ1) is 76.7. The van der Waals surface area contributed by atoms with E-state index in [1.54, 1.807) is 0 Å². The van der Waals surface area contributed by atoms with Crippen LogP contribution >= 0.6 is 0 Å². The van der Waals surface area contributed by atoms with Gasteiger partial charge in [-0.25, -0.2) is 15.0 Å². The molecule has 0 unspecified atom stereocenters. The van der Waals surface area contributed by atoms with Crippen LogP contribution in [0.1, 0.15) is 105 Å². The first-order valence-electron chi connectivity index (χ1n) is 42.9. The minimum atomic E-state index is -0.249. The number of rotatable bonds is 13. The summed E-state index contributed by atoms with van der Waals surface area (Å²) in [4.78, 5) is 21.2. The zero-order chi connectivity index (χ0) is 83.5. The Hall–Kier alpha value is -14.0. The molecule has 590 valence electrons. The maximum absolute atomic E-state index is 5.36. The van der Waals surface area contributed by atoms with Crippen LogP contribution in [0.15, 0.2) is 370 Å². The van der Waals surface area contributed by atoms with E-state index in [1.807, 2.05) is 36.4 Å². The predicted octanol–water partition coefficient (Wildman–Crippen LogP) is 28.9. The van der Waals surface area contributed by atoms with Crippen molar-refractivity contribution in [3.63, 3.8) is 0 Å². The summed E-state index contributed by atoms with van der Waals surface area (Å²) in [5.41, 5.74) is 36.8. The molecule has 7 heteroatoms. The lowest BCUT2D eigenvalue weighted by atomic mass is 9.33. The SMILES string of the molecule is CC(C)(C)c1cc(-c2ccc3c(c2)N(c2cc(-c4ccccc4)cc(-c4ccccc4)c2)c2cc(-c4ccc5c(c4)c4ccccc4n5-c4ccccc4-c4nc(-c5ccccc5)nc(-c5ccccc5)n4)cc4c2B3c2ccc(-c3cc(C(C)(C)C)cc(C(C)(C)C)c3)cc2N4c2cc(-c3ccccc3)cc(-c3ccccc3)c2)cc(C(C)(C)C)c1. The molecule has 2 aliphatic heterocycles. The first-order chi connectivity index (χ1) is 59.0. The zero-order valence-corrected chi connectivity index (χ0v) is 71.5. The molecule has 0 aliphatic carbocycles. The maximum atomic E-state index is 5.36. The molecule has 0 fully saturated rings. The Morgan fingerprint density at radius 1 is 0.213 bits per heavy atom. The molecular weight excluding hydrogens is 1480 g/mol. The molecule has 0 spiro atoms. The fourth-order valence-corrected chi connectivity index (χ4v) is 18.3. The fraction of sp³-hybridized carbons (Fsp3) is 0.139. The van der Waals surface area contributed by atoms with Crippen LogP contribution in [0.25, 0.3) is 140 Å². The van der Waals surface area contributed by atoms with E-state index >= 15 is 0 Å². The zero-order valence-electron chi connectivity index (χ0n) is 71.5. The van der Waals surface area contributed by atoms with Crippen molar-refractivity contribution >= 4 is 79.0 Å². The molecule has 18 aromatic rings. The largest absolute Gasteiger partial charge is 0.311 e. The van der Waals surface area contributed by atoms with Crippen LogP contribution in [-0.4, -0.2) is 26.2 Å². The molecule has 0 radical (unpaired) electrons. The van der Waals surface area contributed by atoms with Crippen molar-refractivity contribution in [1.29, 1.82) is 0 Å². The number of aromatic nitrogens is 4. The molecule has 2 aliphatic rings.